The number of para-hydroxylation sites is 8. The summed E-state index contributed by atoms with van der Waals surface area (Å²) in [4.78, 5) is 0. The topological polar surface area (TPSA) is 19.7 Å². The summed E-state index contributed by atoms with van der Waals surface area (Å²) in [6, 6.07) is 127. The number of rotatable bonds is 8. The molecule has 0 aliphatic heterocycles. The van der Waals surface area contributed by atoms with E-state index in [1.54, 1.807) is 0 Å². The molecule has 94 heavy (non-hydrogen) atoms. The van der Waals surface area contributed by atoms with E-state index in [4.69, 9.17) is 0 Å². The Labute approximate surface area is 541 Å². The summed E-state index contributed by atoms with van der Waals surface area (Å²) in [5, 5.41) is 17.2. The molecule has 0 spiro atoms. The first-order valence-electron chi connectivity index (χ1n) is 32.5. The van der Waals surface area contributed by atoms with Crippen LogP contribution in [0.3, 0.4) is 0 Å². The highest BCUT2D eigenvalue weighted by Crippen LogP contribution is 2.55. The van der Waals surface area contributed by atoms with Gasteiger partial charge in [-0.25, -0.2) is 0 Å². The summed E-state index contributed by atoms with van der Waals surface area (Å²) >= 11 is 0. The van der Waals surface area contributed by atoms with Crippen LogP contribution in [0.2, 0.25) is 0 Å². The Hall–Kier alpha value is -12.5. The molecule has 0 amide bonds. The molecule has 4 nitrogen and oxygen atoms in total. The van der Waals surface area contributed by atoms with Crippen molar-refractivity contribution in [2.24, 2.45) is 0 Å². The third-order valence-corrected chi connectivity index (χ3v) is 20.2. The summed E-state index contributed by atoms with van der Waals surface area (Å²) in [6.45, 7) is 0. The van der Waals surface area contributed by atoms with E-state index < -0.39 is 0 Å². The van der Waals surface area contributed by atoms with Crippen molar-refractivity contribution in [3.05, 3.63) is 340 Å². The van der Waals surface area contributed by atoms with Gasteiger partial charge in [-0.3, -0.25) is 0 Å². The van der Waals surface area contributed by atoms with Crippen molar-refractivity contribution in [3.8, 4) is 67.3 Å². The van der Waals surface area contributed by atoms with Crippen LogP contribution in [0.4, 0.5) is 0 Å². The lowest BCUT2D eigenvalue weighted by atomic mass is 9.76. The minimum absolute atomic E-state index is 1.11. The second-order valence-electron chi connectivity index (χ2n) is 25.0. The third-order valence-electron chi connectivity index (χ3n) is 20.2. The molecule has 0 bridgehead atoms. The van der Waals surface area contributed by atoms with Gasteiger partial charge in [-0.15, -0.1) is 0 Å². The van der Waals surface area contributed by atoms with Gasteiger partial charge < -0.3 is 18.3 Å². The fourth-order valence-electron chi connectivity index (χ4n) is 16.2. The largest absolute Gasteiger partial charge is 0.309 e. The van der Waals surface area contributed by atoms with E-state index in [2.05, 4.69) is 358 Å². The third kappa shape index (κ3) is 7.62. The number of fused-ring (bicyclic) bond motifs is 18. The van der Waals surface area contributed by atoms with Gasteiger partial charge >= 0.3 is 0 Å². The van der Waals surface area contributed by atoms with Crippen molar-refractivity contribution in [3.63, 3.8) is 0 Å². The van der Waals surface area contributed by atoms with E-state index in [0.29, 0.717) is 0 Å². The van der Waals surface area contributed by atoms with Crippen LogP contribution >= 0.6 is 0 Å². The van der Waals surface area contributed by atoms with Crippen molar-refractivity contribution in [1.82, 2.24) is 18.3 Å². The van der Waals surface area contributed by atoms with Crippen LogP contribution in [0.25, 0.3) is 187 Å². The number of benzene rings is 16. The lowest BCUT2D eigenvalue weighted by Crippen LogP contribution is -2.01. The Morgan fingerprint density at radius 2 is 0.287 bits per heavy atom. The van der Waals surface area contributed by atoms with Gasteiger partial charge in [0.15, 0.2) is 0 Å². The van der Waals surface area contributed by atoms with Gasteiger partial charge in [0.25, 0.3) is 0 Å². The Morgan fingerprint density at radius 3 is 0.489 bits per heavy atom. The zero-order valence-corrected chi connectivity index (χ0v) is 51.1. The molecule has 4 heterocycles. The average Bonchev–Trinajstić information content (AvgIpc) is 1.11. The second-order valence-corrected chi connectivity index (χ2v) is 25.0. The molecule has 0 aliphatic rings. The second kappa shape index (κ2) is 20.5. The summed E-state index contributed by atoms with van der Waals surface area (Å²) in [6.07, 6.45) is 0. The number of aromatic nitrogens is 4. The van der Waals surface area contributed by atoms with E-state index >= 15 is 0 Å². The Kier molecular flexibility index (Phi) is 11.4. The summed E-state index contributed by atoms with van der Waals surface area (Å²) < 4.78 is 9.72. The van der Waals surface area contributed by atoms with Crippen LogP contribution in [0.15, 0.2) is 340 Å². The van der Waals surface area contributed by atoms with E-state index in [1.165, 1.54) is 131 Å². The maximum Gasteiger partial charge on any atom is 0.0541 e. The standard InChI is InChI=1S/C90H56N4/c1-3-31-75-65(21-1)66-22-2-4-32-76(66)90-88(60-47-55-64(56-48-60)94-83-39-19-11-29-73(83)74-30-12-20-40-84(74)94)86(58-43-51-62(52-44-58)92-79-35-15-7-25-69(79)70-26-8-16-36-80(70)92)85(57-41-49-61(50-42-57)91-77-33-13-5-23-67(77)68-24-6-14-34-78(68)91)87(89(75)90)59-45-53-63(54-46-59)93-81-37-17-9-27-71(81)72-28-10-18-38-82(72)93/h1-56H. The SMILES string of the molecule is c1ccc2c(c1)c1ccccc1c1c(-c3ccc(-n4c5ccccc5c5ccccc54)cc3)c(-c3ccc(-n4c5ccccc5c5ccccc54)cc3)c(-c3ccc(-n4c5ccccc5c5ccccc54)cc3)c(-c3ccc(-n4c5ccccc5c5ccccc54)cc3)c21. The molecule has 4 aromatic heterocycles. The van der Waals surface area contributed by atoms with Crippen LogP contribution in [-0.4, -0.2) is 18.3 Å². The molecule has 0 N–H and O–H groups in total. The highest BCUT2D eigenvalue weighted by Gasteiger charge is 2.29. The molecule has 4 heteroatoms. The number of hydrogen-bond acceptors (Lipinski definition) is 0. The van der Waals surface area contributed by atoms with Crippen molar-refractivity contribution >= 4 is 120 Å². The van der Waals surface area contributed by atoms with Crippen LogP contribution < -0.4 is 0 Å². The van der Waals surface area contributed by atoms with Gasteiger partial charge in [0.2, 0.25) is 0 Å². The van der Waals surface area contributed by atoms with Crippen molar-refractivity contribution < 1.29 is 0 Å². The normalized spacial score (nSPS) is 12.0. The first-order valence-corrected chi connectivity index (χ1v) is 32.5. The monoisotopic (exact) mass is 1190 g/mol. The molecule has 0 fully saturated rings. The first-order chi connectivity index (χ1) is 46.7. The Morgan fingerprint density at radius 1 is 0.128 bits per heavy atom. The van der Waals surface area contributed by atoms with Gasteiger partial charge in [0.05, 0.1) is 44.1 Å². The molecule has 16 aromatic carbocycles. The molecule has 0 radical (unpaired) electrons. The average molecular weight is 1190 g/mol. The molecule has 0 unspecified atom stereocenters. The lowest BCUT2D eigenvalue weighted by molar-refractivity contribution is 1.18. The minimum Gasteiger partial charge on any atom is -0.309 e. The van der Waals surface area contributed by atoms with E-state index in [-0.39, 0.29) is 0 Å². The van der Waals surface area contributed by atoms with Gasteiger partial charge in [-0.1, -0.05) is 243 Å². The van der Waals surface area contributed by atoms with Crippen molar-refractivity contribution in [2.45, 2.75) is 0 Å². The molecule has 0 atom stereocenters. The maximum atomic E-state index is 2.43. The van der Waals surface area contributed by atoms with E-state index in [1.807, 2.05) is 0 Å². The van der Waals surface area contributed by atoms with Crippen LogP contribution in [-0.2, 0) is 0 Å². The smallest absolute Gasteiger partial charge is 0.0541 e. The van der Waals surface area contributed by atoms with Gasteiger partial charge in [0.1, 0.15) is 0 Å². The molecule has 20 rings (SSSR count). The predicted molar refractivity (Wildman–Crippen MR) is 398 cm³/mol. The summed E-state index contributed by atoms with van der Waals surface area (Å²) in [5.74, 6) is 0. The summed E-state index contributed by atoms with van der Waals surface area (Å²) in [5.41, 5.74) is 23.1. The lowest BCUT2D eigenvalue weighted by Gasteiger charge is -2.27. The number of hydrogen-bond donors (Lipinski definition) is 0. The van der Waals surface area contributed by atoms with Crippen molar-refractivity contribution in [1.29, 1.82) is 0 Å². The first kappa shape index (κ1) is 52.3. The van der Waals surface area contributed by atoms with Crippen LogP contribution in [0.5, 0.6) is 0 Å². The quantitative estimate of drug-likeness (QED) is 0.135. The molecule has 20 aromatic rings. The Bertz CT molecular complexity index is 5880. The molecule has 436 valence electrons. The molecule has 0 saturated heterocycles. The van der Waals surface area contributed by atoms with E-state index in [9.17, 15) is 0 Å². The minimum atomic E-state index is 1.11. The Balaban J connectivity index is 0.923. The predicted octanol–water partition coefficient (Wildman–Crippen LogP) is 24.2. The van der Waals surface area contributed by atoms with Crippen molar-refractivity contribution in [2.75, 3.05) is 0 Å². The van der Waals surface area contributed by atoms with Gasteiger partial charge in [-0.2, -0.15) is 0 Å². The van der Waals surface area contributed by atoms with Crippen LogP contribution in [0, 0.1) is 0 Å². The molecule has 0 saturated carbocycles. The summed E-state index contributed by atoms with van der Waals surface area (Å²) in [7, 11) is 0. The van der Waals surface area contributed by atoms with E-state index in [0.717, 1.165) is 56.1 Å². The highest BCUT2D eigenvalue weighted by atomic mass is 15.0. The fourth-order valence-corrected chi connectivity index (χ4v) is 16.2. The van der Waals surface area contributed by atoms with Gasteiger partial charge in [-0.05, 0) is 174 Å². The van der Waals surface area contributed by atoms with Gasteiger partial charge in [0, 0.05) is 65.8 Å². The number of nitrogens with zero attached hydrogens (tertiary/aromatic N) is 4. The maximum absolute atomic E-state index is 2.43. The molecule has 0 aliphatic carbocycles. The molecular weight excluding hydrogens is 1140 g/mol. The molecular formula is C90H56N4. The fraction of sp³-hybridized carbons (Fsp3) is 0. The highest BCUT2D eigenvalue weighted by molar-refractivity contribution is 6.35. The zero-order chi connectivity index (χ0) is 61.5. The van der Waals surface area contributed by atoms with Crippen LogP contribution in [0.1, 0.15) is 0 Å². The zero-order valence-electron chi connectivity index (χ0n) is 51.1.